The van der Waals surface area contributed by atoms with Crippen molar-refractivity contribution in [3.63, 3.8) is 0 Å². The molecule has 0 radical (unpaired) electrons. The number of nitrogens with zero attached hydrogens (tertiary/aromatic N) is 3. The normalized spacial score (nSPS) is 10.8. The SMILES string of the molecule is CCCCCNc1nccc(N(Cc2ccccc2)C(C)C)n1. The minimum atomic E-state index is 0.373. The smallest absolute Gasteiger partial charge is 0.224 e. The van der Waals surface area contributed by atoms with Crippen LogP contribution in [0.3, 0.4) is 0 Å². The van der Waals surface area contributed by atoms with Crippen LogP contribution in [0.5, 0.6) is 0 Å². The molecule has 1 heterocycles. The molecule has 4 heteroatoms. The van der Waals surface area contributed by atoms with E-state index in [0.717, 1.165) is 31.3 Å². The molecule has 0 saturated carbocycles. The topological polar surface area (TPSA) is 41.1 Å². The minimum Gasteiger partial charge on any atom is -0.354 e. The number of hydrogen-bond acceptors (Lipinski definition) is 4. The molecule has 1 aromatic carbocycles. The molecular weight excluding hydrogens is 284 g/mol. The summed E-state index contributed by atoms with van der Waals surface area (Å²) < 4.78 is 0. The zero-order chi connectivity index (χ0) is 16.5. The highest BCUT2D eigenvalue weighted by Crippen LogP contribution is 2.18. The van der Waals surface area contributed by atoms with E-state index in [1.54, 1.807) is 0 Å². The first-order chi connectivity index (χ1) is 11.2. The molecule has 0 aliphatic rings. The maximum absolute atomic E-state index is 4.69. The average Bonchev–Trinajstić information content (AvgIpc) is 2.57. The van der Waals surface area contributed by atoms with E-state index in [1.807, 2.05) is 18.3 Å². The molecule has 23 heavy (non-hydrogen) atoms. The fourth-order valence-corrected chi connectivity index (χ4v) is 2.48. The minimum absolute atomic E-state index is 0.373. The van der Waals surface area contributed by atoms with Gasteiger partial charge in [0.25, 0.3) is 0 Å². The molecular formula is C19H28N4. The molecule has 1 N–H and O–H groups in total. The Morgan fingerprint density at radius 1 is 1.09 bits per heavy atom. The number of aromatic nitrogens is 2. The Labute approximate surface area is 140 Å². The van der Waals surface area contributed by atoms with Crippen molar-refractivity contribution >= 4 is 11.8 Å². The number of nitrogens with one attached hydrogen (secondary N) is 1. The van der Waals surface area contributed by atoms with Crippen molar-refractivity contribution < 1.29 is 0 Å². The summed E-state index contributed by atoms with van der Waals surface area (Å²) in [6, 6.07) is 12.9. The van der Waals surface area contributed by atoms with Crippen LogP contribution in [-0.4, -0.2) is 22.6 Å². The van der Waals surface area contributed by atoms with Gasteiger partial charge < -0.3 is 10.2 Å². The van der Waals surface area contributed by atoms with Gasteiger partial charge in [-0.2, -0.15) is 4.98 Å². The van der Waals surface area contributed by atoms with E-state index in [0.29, 0.717) is 6.04 Å². The van der Waals surface area contributed by atoms with Gasteiger partial charge in [-0.15, -0.1) is 0 Å². The fourth-order valence-electron chi connectivity index (χ4n) is 2.48. The maximum Gasteiger partial charge on any atom is 0.224 e. The second-order valence-electron chi connectivity index (χ2n) is 6.08. The molecule has 0 aliphatic heterocycles. The van der Waals surface area contributed by atoms with Crippen LogP contribution in [0.2, 0.25) is 0 Å². The van der Waals surface area contributed by atoms with Crippen molar-refractivity contribution in [2.45, 2.75) is 52.6 Å². The van der Waals surface area contributed by atoms with Crippen LogP contribution in [0.15, 0.2) is 42.6 Å². The number of benzene rings is 1. The van der Waals surface area contributed by atoms with Crippen molar-refractivity contribution in [1.29, 1.82) is 0 Å². The van der Waals surface area contributed by atoms with Gasteiger partial charge >= 0.3 is 0 Å². The lowest BCUT2D eigenvalue weighted by Gasteiger charge is -2.28. The van der Waals surface area contributed by atoms with Crippen LogP contribution in [0.4, 0.5) is 11.8 Å². The Bertz CT molecular complexity index is 569. The summed E-state index contributed by atoms with van der Waals surface area (Å²) in [7, 11) is 0. The number of rotatable bonds is 9. The van der Waals surface area contributed by atoms with E-state index in [1.165, 1.54) is 18.4 Å². The molecule has 0 fully saturated rings. The molecule has 0 saturated heterocycles. The van der Waals surface area contributed by atoms with E-state index >= 15 is 0 Å². The van der Waals surface area contributed by atoms with Gasteiger partial charge in [-0.25, -0.2) is 4.98 Å². The highest BCUT2D eigenvalue weighted by molar-refractivity contribution is 5.44. The van der Waals surface area contributed by atoms with Crippen LogP contribution >= 0.6 is 0 Å². The third-order valence-corrected chi connectivity index (χ3v) is 3.82. The summed E-state index contributed by atoms with van der Waals surface area (Å²) >= 11 is 0. The number of hydrogen-bond donors (Lipinski definition) is 1. The maximum atomic E-state index is 4.69. The predicted molar refractivity (Wildman–Crippen MR) is 97.8 cm³/mol. The van der Waals surface area contributed by atoms with Gasteiger partial charge in [0.1, 0.15) is 5.82 Å². The largest absolute Gasteiger partial charge is 0.354 e. The first-order valence-electron chi connectivity index (χ1n) is 8.58. The third kappa shape index (κ3) is 5.55. The number of unbranched alkanes of at least 4 members (excludes halogenated alkanes) is 2. The summed E-state index contributed by atoms with van der Waals surface area (Å²) in [4.78, 5) is 11.3. The van der Waals surface area contributed by atoms with Gasteiger partial charge in [-0.3, -0.25) is 0 Å². The average molecular weight is 312 g/mol. The lowest BCUT2D eigenvalue weighted by atomic mass is 10.2. The van der Waals surface area contributed by atoms with E-state index in [-0.39, 0.29) is 0 Å². The molecule has 0 bridgehead atoms. The summed E-state index contributed by atoms with van der Waals surface area (Å²) in [6.45, 7) is 8.38. The summed E-state index contributed by atoms with van der Waals surface area (Å²) in [5, 5.41) is 3.33. The Balaban J connectivity index is 2.06. The van der Waals surface area contributed by atoms with Crippen molar-refractivity contribution in [3.8, 4) is 0 Å². The molecule has 0 spiro atoms. The van der Waals surface area contributed by atoms with Crippen molar-refractivity contribution in [2.75, 3.05) is 16.8 Å². The Morgan fingerprint density at radius 2 is 1.87 bits per heavy atom. The second kappa shape index (κ2) is 9.13. The lowest BCUT2D eigenvalue weighted by molar-refractivity contribution is 0.671. The van der Waals surface area contributed by atoms with Crippen LogP contribution in [0.25, 0.3) is 0 Å². The van der Waals surface area contributed by atoms with Gasteiger partial charge in [0.15, 0.2) is 0 Å². The molecule has 0 atom stereocenters. The van der Waals surface area contributed by atoms with Crippen molar-refractivity contribution in [1.82, 2.24) is 9.97 Å². The monoisotopic (exact) mass is 312 g/mol. The molecule has 124 valence electrons. The van der Waals surface area contributed by atoms with Crippen molar-refractivity contribution in [3.05, 3.63) is 48.2 Å². The van der Waals surface area contributed by atoms with Crippen LogP contribution in [0, 0.1) is 0 Å². The second-order valence-corrected chi connectivity index (χ2v) is 6.08. The quantitative estimate of drug-likeness (QED) is 0.692. The third-order valence-electron chi connectivity index (χ3n) is 3.82. The predicted octanol–water partition coefficient (Wildman–Crippen LogP) is 4.49. The van der Waals surface area contributed by atoms with E-state index < -0.39 is 0 Å². The van der Waals surface area contributed by atoms with E-state index in [2.05, 4.69) is 60.2 Å². The standard InChI is InChI=1S/C19H28N4/c1-4-5-9-13-20-19-21-14-12-18(22-19)23(16(2)3)15-17-10-7-6-8-11-17/h6-8,10-12,14,16H,4-5,9,13,15H2,1-3H3,(H,20,21,22). The highest BCUT2D eigenvalue weighted by Gasteiger charge is 2.13. The zero-order valence-electron chi connectivity index (χ0n) is 14.5. The fraction of sp³-hybridized carbons (Fsp3) is 0.474. The Kier molecular flexibility index (Phi) is 6.85. The molecule has 0 amide bonds. The van der Waals surface area contributed by atoms with Gasteiger partial charge in [0.2, 0.25) is 5.95 Å². The lowest BCUT2D eigenvalue weighted by Crippen LogP contribution is -2.31. The molecule has 2 aromatic rings. The molecule has 0 aliphatic carbocycles. The zero-order valence-corrected chi connectivity index (χ0v) is 14.5. The first-order valence-corrected chi connectivity index (χ1v) is 8.58. The first kappa shape index (κ1) is 17.3. The van der Waals surface area contributed by atoms with E-state index in [4.69, 9.17) is 4.98 Å². The van der Waals surface area contributed by atoms with Gasteiger partial charge in [0.05, 0.1) is 0 Å². The van der Waals surface area contributed by atoms with Crippen LogP contribution < -0.4 is 10.2 Å². The summed E-state index contributed by atoms with van der Waals surface area (Å²) in [5.74, 6) is 1.69. The number of anilines is 2. The van der Waals surface area contributed by atoms with Gasteiger partial charge in [0, 0.05) is 25.3 Å². The van der Waals surface area contributed by atoms with Crippen molar-refractivity contribution in [2.24, 2.45) is 0 Å². The van der Waals surface area contributed by atoms with Gasteiger partial charge in [-0.05, 0) is 31.9 Å². The highest BCUT2D eigenvalue weighted by atomic mass is 15.2. The Morgan fingerprint density at radius 3 is 2.57 bits per heavy atom. The van der Waals surface area contributed by atoms with E-state index in [9.17, 15) is 0 Å². The molecule has 0 unspecified atom stereocenters. The Hall–Kier alpha value is -2.10. The van der Waals surface area contributed by atoms with Crippen LogP contribution in [0.1, 0.15) is 45.6 Å². The van der Waals surface area contributed by atoms with Crippen LogP contribution in [-0.2, 0) is 6.54 Å². The molecule has 4 nitrogen and oxygen atoms in total. The molecule has 2 rings (SSSR count). The van der Waals surface area contributed by atoms with Gasteiger partial charge in [-0.1, -0.05) is 50.1 Å². The summed E-state index contributed by atoms with van der Waals surface area (Å²) in [5.41, 5.74) is 1.29. The summed E-state index contributed by atoms with van der Waals surface area (Å²) in [6.07, 6.45) is 5.45. The molecule has 1 aromatic heterocycles.